The maximum absolute atomic E-state index is 12.6. The Morgan fingerprint density at radius 1 is 1.15 bits per heavy atom. The topological polar surface area (TPSA) is 76.4 Å². The minimum Gasteiger partial charge on any atom is -0.341 e. The second-order valence-corrected chi connectivity index (χ2v) is 7.18. The number of carbonyl (C=O) groups excluding carboxylic acids is 2. The van der Waals surface area contributed by atoms with E-state index in [1.54, 1.807) is 29.2 Å². The van der Waals surface area contributed by atoms with Gasteiger partial charge in [0.2, 0.25) is 5.91 Å². The zero-order valence-electron chi connectivity index (χ0n) is 15.3. The summed E-state index contributed by atoms with van der Waals surface area (Å²) in [6.45, 7) is 4.70. The summed E-state index contributed by atoms with van der Waals surface area (Å²) in [7, 11) is 0. The van der Waals surface area contributed by atoms with Gasteiger partial charge in [-0.2, -0.15) is 5.26 Å². The molecule has 1 aliphatic heterocycles. The smallest absolute Gasteiger partial charge is 0.321 e. The van der Waals surface area contributed by atoms with Crippen LogP contribution >= 0.6 is 0 Å². The summed E-state index contributed by atoms with van der Waals surface area (Å²) in [5.41, 5.74) is 1.24. The van der Waals surface area contributed by atoms with E-state index >= 15 is 0 Å². The molecule has 2 atom stereocenters. The largest absolute Gasteiger partial charge is 0.341 e. The quantitative estimate of drug-likeness (QED) is 0.903. The molecule has 1 saturated carbocycles. The van der Waals surface area contributed by atoms with Gasteiger partial charge in [-0.3, -0.25) is 4.79 Å². The SMILES string of the molecule is CCC[C@H]1C[C@H]1C(=O)N1CCCN(C(=O)Nc2ccc(C#N)cc2)CC1. The van der Waals surface area contributed by atoms with Crippen LogP contribution in [0.4, 0.5) is 10.5 Å². The number of anilines is 1. The Hall–Kier alpha value is -2.55. The van der Waals surface area contributed by atoms with Gasteiger partial charge < -0.3 is 15.1 Å². The lowest BCUT2D eigenvalue weighted by atomic mass is 10.2. The summed E-state index contributed by atoms with van der Waals surface area (Å²) in [4.78, 5) is 28.8. The number of carbonyl (C=O) groups is 2. The van der Waals surface area contributed by atoms with Gasteiger partial charge in [-0.1, -0.05) is 13.3 Å². The summed E-state index contributed by atoms with van der Waals surface area (Å²) < 4.78 is 0. The first-order chi connectivity index (χ1) is 12.6. The Morgan fingerprint density at radius 2 is 1.85 bits per heavy atom. The van der Waals surface area contributed by atoms with Gasteiger partial charge in [0, 0.05) is 37.8 Å². The molecule has 0 unspecified atom stereocenters. The Kier molecular flexibility index (Phi) is 5.77. The van der Waals surface area contributed by atoms with Crippen molar-refractivity contribution in [2.45, 2.75) is 32.6 Å². The van der Waals surface area contributed by atoms with Crippen molar-refractivity contribution in [3.05, 3.63) is 29.8 Å². The highest BCUT2D eigenvalue weighted by molar-refractivity contribution is 5.89. The van der Waals surface area contributed by atoms with Gasteiger partial charge in [-0.25, -0.2) is 4.79 Å². The number of benzene rings is 1. The van der Waals surface area contributed by atoms with Crippen LogP contribution in [-0.2, 0) is 4.79 Å². The molecule has 2 fully saturated rings. The number of nitriles is 1. The number of hydrogen-bond donors (Lipinski definition) is 1. The third kappa shape index (κ3) is 4.34. The minimum atomic E-state index is -0.153. The molecule has 3 amide bonds. The van der Waals surface area contributed by atoms with Crippen molar-refractivity contribution in [1.29, 1.82) is 5.26 Å². The highest BCUT2D eigenvalue weighted by atomic mass is 16.2. The van der Waals surface area contributed by atoms with Crippen molar-refractivity contribution in [3.63, 3.8) is 0 Å². The predicted molar refractivity (Wildman–Crippen MR) is 99.5 cm³/mol. The van der Waals surface area contributed by atoms with Crippen molar-refractivity contribution < 1.29 is 9.59 Å². The zero-order chi connectivity index (χ0) is 18.5. The van der Waals surface area contributed by atoms with Crippen molar-refractivity contribution in [1.82, 2.24) is 9.80 Å². The number of nitrogens with zero attached hydrogens (tertiary/aromatic N) is 3. The molecule has 0 radical (unpaired) electrons. The normalized spacial score (nSPS) is 22.3. The Morgan fingerprint density at radius 3 is 2.54 bits per heavy atom. The fourth-order valence-electron chi connectivity index (χ4n) is 3.65. The lowest BCUT2D eigenvalue weighted by Gasteiger charge is -2.22. The van der Waals surface area contributed by atoms with Gasteiger partial charge in [0.1, 0.15) is 0 Å². The van der Waals surface area contributed by atoms with Crippen LogP contribution in [0.25, 0.3) is 0 Å². The lowest BCUT2D eigenvalue weighted by Crippen LogP contribution is -2.39. The van der Waals surface area contributed by atoms with E-state index in [2.05, 4.69) is 18.3 Å². The summed E-state index contributed by atoms with van der Waals surface area (Å²) in [5.74, 6) is 1.07. The molecule has 0 spiro atoms. The van der Waals surface area contributed by atoms with Gasteiger partial charge in [-0.15, -0.1) is 0 Å². The maximum Gasteiger partial charge on any atom is 0.321 e. The van der Waals surface area contributed by atoms with Gasteiger partial charge in [-0.05, 0) is 49.4 Å². The minimum absolute atomic E-state index is 0.153. The summed E-state index contributed by atoms with van der Waals surface area (Å²) in [5, 5.41) is 11.7. The van der Waals surface area contributed by atoms with Gasteiger partial charge in [0.05, 0.1) is 11.6 Å². The van der Waals surface area contributed by atoms with Crippen LogP contribution in [0, 0.1) is 23.2 Å². The molecule has 1 aliphatic carbocycles. The predicted octanol–water partition coefficient (Wildman–Crippen LogP) is 3.06. The number of urea groups is 1. The molecule has 2 aliphatic rings. The third-order valence-corrected chi connectivity index (χ3v) is 5.26. The molecule has 0 aromatic heterocycles. The van der Waals surface area contributed by atoms with Crippen LogP contribution in [-0.4, -0.2) is 47.9 Å². The molecular weight excluding hydrogens is 328 g/mol. The standard InChI is InChI=1S/C20H26N4O2/c1-2-4-16-13-18(16)19(25)23-9-3-10-24(12-11-23)20(26)22-17-7-5-15(14-21)6-8-17/h5-8,16,18H,2-4,9-13H2,1H3,(H,22,26)/t16-,18+/m0/s1. The van der Waals surface area contributed by atoms with Gasteiger partial charge in [0.15, 0.2) is 0 Å². The average Bonchev–Trinajstić information content (AvgIpc) is 3.45. The molecule has 1 saturated heterocycles. The fourth-order valence-corrected chi connectivity index (χ4v) is 3.65. The summed E-state index contributed by atoms with van der Waals surface area (Å²) in [6, 6.07) is 8.72. The Balaban J connectivity index is 1.50. The maximum atomic E-state index is 12.6. The van der Waals surface area contributed by atoms with E-state index < -0.39 is 0 Å². The molecule has 6 heteroatoms. The van der Waals surface area contributed by atoms with E-state index in [1.165, 1.54) is 0 Å². The molecule has 3 rings (SSSR count). The van der Waals surface area contributed by atoms with Crippen LogP contribution < -0.4 is 5.32 Å². The molecular formula is C20H26N4O2. The van der Waals surface area contributed by atoms with E-state index in [-0.39, 0.29) is 17.9 Å². The van der Waals surface area contributed by atoms with Crippen LogP contribution in [0.2, 0.25) is 0 Å². The molecule has 6 nitrogen and oxygen atoms in total. The van der Waals surface area contributed by atoms with Gasteiger partial charge >= 0.3 is 6.03 Å². The number of hydrogen-bond acceptors (Lipinski definition) is 3. The van der Waals surface area contributed by atoms with Crippen LogP contribution in [0.5, 0.6) is 0 Å². The molecule has 138 valence electrons. The number of nitrogens with one attached hydrogen (secondary N) is 1. The van der Waals surface area contributed by atoms with E-state index in [4.69, 9.17) is 5.26 Å². The van der Waals surface area contributed by atoms with Crippen molar-refractivity contribution in [2.75, 3.05) is 31.5 Å². The lowest BCUT2D eigenvalue weighted by molar-refractivity contribution is -0.132. The monoisotopic (exact) mass is 354 g/mol. The van der Waals surface area contributed by atoms with Crippen LogP contribution in [0.15, 0.2) is 24.3 Å². The number of rotatable bonds is 4. The van der Waals surface area contributed by atoms with Gasteiger partial charge in [0.25, 0.3) is 0 Å². The van der Waals surface area contributed by atoms with Crippen molar-refractivity contribution in [3.8, 4) is 6.07 Å². The highest BCUT2D eigenvalue weighted by Gasteiger charge is 2.44. The summed E-state index contributed by atoms with van der Waals surface area (Å²) in [6.07, 6.45) is 4.12. The average molecular weight is 354 g/mol. The first-order valence-electron chi connectivity index (χ1n) is 9.47. The second-order valence-electron chi connectivity index (χ2n) is 7.18. The Labute approximate surface area is 154 Å². The summed E-state index contributed by atoms with van der Waals surface area (Å²) >= 11 is 0. The molecule has 1 N–H and O–H groups in total. The fraction of sp³-hybridized carbons (Fsp3) is 0.550. The second kappa shape index (κ2) is 8.22. The molecule has 26 heavy (non-hydrogen) atoms. The first-order valence-corrected chi connectivity index (χ1v) is 9.47. The molecule has 0 bridgehead atoms. The van der Waals surface area contributed by atoms with Crippen molar-refractivity contribution in [2.24, 2.45) is 11.8 Å². The number of amides is 3. The van der Waals surface area contributed by atoms with E-state index in [0.29, 0.717) is 36.8 Å². The first kappa shape index (κ1) is 18.2. The van der Waals surface area contributed by atoms with Crippen molar-refractivity contribution >= 4 is 17.6 Å². The molecule has 1 heterocycles. The highest BCUT2D eigenvalue weighted by Crippen LogP contribution is 2.43. The van der Waals surface area contributed by atoms with E-state index in [1.807, 2.05) is 4.90 Å². The third-order valence-electron chi connectivity index (χ3n) is 5.26. The van der Waals surface area contributed by atoms with Crippen LogP contribution in [0.1, 0.15) is 38.2 Å². The van der Waals surface area contributed by atoms with Crippen LogP contribution in [0.3, 0.4) is 0 Å². The Bertz CT molecular complexity index is 695. The van der Waals surface area contributed by atoms with E-state index in [9.17, 15) is 9.59 Å². The molecule has 1 aromatic rings. The molecule has 1 aromatic carbocycles. The van der Waals surface area contributed by atoms with E-state index in [0.717, 1.165) is 32.2 Å². The zero-order valence-corrected chi connectivity index (χ0v) is 15.3.